The first-order valence-corrected chi connectivity index (χ1v) is 7.52. The Kier molecular flexibility index (Phi) is 4.59. The molecule has 90 valence electrons. The van der Waals surface area contributed by atoms with Crippen molar-refractivity contribution in [1.29, 1.82) is 0 Å². The van der Waals surface area contributed by atoms with Crippen LogP contribution < -0.4 is 5.73 Å². The predicted octanol–water partition coefficient (Wildman–Crippen LogP) is 1.72. The molecule has 0 aromatic rings. The van der Waals surface area contributed by atoms with E-state index in [1.165, 1.54) is 0 Å². The van der Waals surface area contributed by atoms with Gasteiger partial charge in [-0.05, 0) is 51.5 Å². The van der Waals surface area contributed by atoms with Crippen molar-refractivity contribution >= 4 is 9.84 Å². The Bertz CT molecular complexity index is 279. The van der Waals surface area contributed by atoms with Gasteiger partial charge in [0.2, 0.25) is 0 Å². The Balaban J connectivity index is 2.61. The maximum atomic E-state index is 12.1. The maximum absolute atomic E-state index is 12.1. The van der Waals surface area contributed by atoms with Gasteiger partial charge in [-0.25, -0.2) is 8.42 Å². The fraction of sp³-hybridized carbons (Fsp3) is 1.00. The third-order valence-corrected chi connectivity index (χ3v) is 6.32. The van der Waals surface area contributed by atoms with E-state index in [-0.39, 0.29) is 10.5 Å². The zero-order valence-electron chi connectivity index (χ0n) is 9.78. The van der Waals surface area contributed by atoms with Gasteiger partial charge >= 0.3 is 0 Å². The van der Waals surface area contributed by atoms with Gasteiger partial charge in [0.25, 0.3) is 0 Å². The Labute approximate surface area is 93.3 Å². The standard InChI is InChI=1S/C11H23NO2S/c1-9-3-5-11(6-4-9)15(13,14)10(2)7-8-12/h9-11H,3-8,12H2,1-2H3. The highest BCUT2D eigenvalue weighted by Crippen LogP contribution is 2.30. The molecule has 0 radical (unpaired) electrons. The van der Waals surface area contributed by atoms with Crippen molar-refractivity contribution in [3.63, 3.8) is 0 Å². The second kappa shape index (κ2) is 5.30. The van der Waals surface area contributed by atoms with Crippen LogP contribution in [0.5, 0.6) is 0 Å². The first kappa shape index (κ1) is 13.0. The average molecular weight is 233 g/mol. The molecule has 1 fully saturated rings. The predicted molar refractivity (Wildman–Crippen MR) is 63.5 cm³/mol. The van der Waals surface area contributed by atoms with Crippen LogP contribution in [-0.4, -0.2) is 25.5 Å². The monoisotopic (exact) mass is 233 g/mol. The summed E-state index contributed by atoms with van der Waals surface area (Å²) in [5.41, 5.74) is 5.41. The molecule has 1 aliphatic rings. The molecule has 0 aromatic heterocycles. The van der Waals surface area contributed by atoms with Crippen molar-refractivity contribution in [2.24, 2.45) is 11.7 Å². The van der Waals surface area contributed by atoms with E-state index in [0.717, 1.165) is 25.7 Å². The Hall–Kier alpha value is -0.0900. The second-order valence-electron chi connectivity index (χ2n) is 4.86. The van der Waals surface area contributed by atoms with E-state index in [1.54, 1.807) is 6.92 Å². The minimum atomic E-state index is -2.93. The topological polar surface area (TPSA) is 60.2 Å². The van der Waals surface area contributed by atoms with E-state index < -0.39 is 9.84 Å². The summed E-state index contributed by atoms with van der Waals surface area (Å²) in [6.07, 6.45) is 4.39. The van der Waals surface area contributed by atoms with Crippen LogP contribution >= 0.6 is 0 Å². The summed E-state index contributed by atoms with van der Waals surface area (Å²) < 4.78 is 24.3. The normalized spacial score (nSPS) is 30.1. The van der Waals surface area contributed by atoms with E-state index in [1.807, 2.05) is 0 Å². The quantitative estimate of drug-likeness (QED) is 0.804. The summed E-state index contributed by atoms with van der Waals surface area (Å²) in [4.78, 5) is 0. The Morgan fingerprint density at radius 2 is 1.80 bits per heavy atom. The molecule has 1 aliphatic carbocycles. The molecule has 3 nitrogen and oxygen atoms in total. The van der Waals surface area contributed by atoms with Gasteiger partial charge in [0, 0.05) is 0 Å². The lowest BCUT2D eigenvalue weighted by Crippen LogP contribution is -2.34. The molecule has 0 saturated heterocycles. The van der Waals surface area contributed by atoms with Crippen LogP contribution in [0.15, 0.2) is 0 Å². The van der Waals surface area contributed by atoms with Crippen molar-refractivity contribution in [1.82, 2.24) is 0 Å². The molecular weight excluding hydrogens is 210 g/mol. The van der Waals surface area contributed by atoms with Crippen LogP contribution in [0.25, 0.3) is 0 Å². The van der Waals surface area contributed by atoms with Crippen LogP contribution in [0.2, 0.25) is 0 Å². The van der Waals surface area contributed by atoms with Crippen molar-refractivity contribution in [3.05, 3.63) is 0 Å². The lowest BCUT2D eigenvalue weighted by Gasteiger charge is -2.28. The highest BCUT2D eigenvalue weighted by Gasteiger charge is 2.32. The average Bonchev–Trinajstić information content (AvgIpc) is 2.18. The SMILES string of the molecule is CC1CCC(S(=O)(=O)C(C)CCN)CC1. The number of hydrogen-bond donors (Lipinski definition) is 1. The summed E-state index contributed by atoms with van der Waals surface area (Å²) in [6, 6.07) is 0. The molecule has 0 aromatic carbocycles. The Morgan fingerprint density at radius 1 is 1.27 bits per heavy atom. The molecule has 0 spiro atoms. The van der Waals surface area contributed by atoms with Crippen LogP contribution in [-0.2, 0) is 9.84 Å². The van der Waals surface area contributed by atoms with Gasteiger partial charge in [-0.3, -0.25) is 0 Å². The summed E-state index contributed by atoms with van der Waals surface area (Å²) in [6.45, 7) is 4.45. The van der Waals surface area contributed by atoms with Crippen molar-refractivity contribution in [2.75, 3.05) is 6.54 Å². The molecule has 1 rings (SSSR count). The molecule has 15 heavy (non-hydrogen) atoms. The summed E-state index contributed by atoms with van der Waals surface area (Å²) in [5.74, 6) is 0.696. The van der Waals surface area contributed by atoms with Gasteiger partial charge in [0.1, 0.15) is 0 Å². The van der Waals surface area contributed by atoms with E-state index in [9.17, 15) is 8.42 Å². The molecule has 0 amide bonds. The second-order valence-corrected chi connectivity index (χ2v) is 7.51. The third kappa shape index (κ3) is 3.18. The van der Waals surface area contributed by atoms with E-state index in [0.29, 0.717) is 18.9 Å². The lowest BCUT2D eigenvalue weighted by molar-refractivity contribution is 0.380. The lowest BCUT2D eigenvalue weighted by atomic mass is 9.91. The van der Waals surface area contributed by atoms with Gasteiger partial charge in [-0.1, -0.05) is 6.92 Å². The number of rotatable bonds is 4. The molecule has 0 aliphatic heterocycles. The van der Waals surface area contributed by atoms with Crippen molar-refractivity contribution < 1.29 is 8.42 Å². The van der Waals surface area contributed by atoms with Gasteiger partial charge in [-0.2, -0.15) is 0 Å². The molecular formula is C11H23NO2S. The molecule has 1 unspecified atom stereocenters. The molecule has 1 saturated carbocycles. The number of hydrogen-bond acceptors (Lipinski definition) is 3. The summed E-state index contributed by atoms with van der Waals surface area (Å²) >= 11 is 0. The van der Waals surface area contributed by atoms with Crippen LogP contribution in [0, 0.1) is 5.92 Å². The first-order valence-electron chi connectivity index (χ1n) is 5.91. The smallest absolute Gasteiger partial charge is 0.155 e. The highest BCUT2D eigenvalue weighted by molar-refractivity contribution is 7.92. The minimum absolute atomic E-state index is 0.102. The maximum Gasteiger partial charge on any atom is 0.155 e. The summed E-state index contributed by atoms with van der Waals surface area (Å²) in [7, 11) is -2.93. The third-order valence-electron chi connectivity index (χ3n) is 3.56. The molecule has 2 N–H and O–H groups in total. The fourth-order valence-corrected chi connectivity index (χ4v) is 4.34. The molecule has 0 bridgehead atoms. The number of nitrogens with two attached hydrogens (primary N) is 1. The molecule has 1 atom stereocenters. The van der Waals surface area contributed by atoms with Crippen LogP contribution in [0.3, 0.4) is 0 Å². The zero-order valence-corrected chi connectivity index (χ0v) is 10.6. The van der Waals surface area contributed by atoms with E-state index in [2.05, 4.69) is 6.92 Å². The van der Waals surface area contributed by atoms with Crippen LogP contribution in [0.1, 0.15) is 46.0 Å². The minimum Gasteiger partial charge on any atom is -0.330 e. The zero-order chi connectivity index (χ0) is 11.5. The molecule has 0 heterocycles. The van der Waals surface area contributed by atoms with E-state index >= 15 is 0 Å². The van der Waals surface area contributed by atoms with Gasteiger partial charge < -0.3 is 5.73 Å². The Morgan fingerprint density at radius 3 is 2.27 bits per heavy atom. The largest absolute Gasteiger partial charge is 0.330 e. The van der Waals surface area contributed by atoms with Crippen LogP contribution in [0.4, 0.5) is 0 Å². The fourth-order valence-electron chi connectivity index (χ4n) is 2.29. The van der Waals surface area contributed by atoms with E-state index in [4.69, 9.17) is 5.73 Å². The van der Waals surface area contributed by atoms with Crippen molar-refractivity contribution in [2.45, 2.75) is 56.5 Å². The van der Waals surface area contributed by atoms with Crippen molar-refractivity contribution in [3.8, 4) is 0 Å². The molecule has 4 heteroatoms. The van der Waals surface area contributed by atoms with Gasteiger partial charge in [0.05, 0.1) is 10.5 Å². The first-order chi connectivity index (χ1) is 6.98. The highest BCUT2D eigenvalue weighted by atomic mass is 32.2. The van der Waals surface area contributed by atoms with Gasteiger partial charge in [0.15, 0.2) is 9.84 Å². The number of sulfone groups is 1. The van der Waals surface area contributed by atoms with Gasteiger partial charge in [-0.15, -0.1) is 0 Å². The summed E-state index contributed by atoms with van der Waals surface area (Å²) in [5, 5.41) is -0.365.